The van der Waals surface area contributed by atoms with Gasteiger partial charge in [-0.2, -0.15) is 0 Å². The molecule has 1 saturated heterocycles. The van der Waals surface area contributed by atoms with Crippen LogP contribution in [-0.4, -0.2) is 44.5 Å². The van der Waals surface area contributed by atoms with Gasteiger partial charge in [0.05, 0.1) is 4.90 Å². The van der Waals surface area contributed by atoms with E-state index in [1.54, 1.807) is 29.2 Å². The molecule has 0 N–H and O–H groups in total. The number of amides is 2. The maximum atomic E-state index is 13.2. The van der Waals surface area contributed by atoms with E-state index in [9.17, 15) is 18.0 Å². The molecule has 2 amide bonds. The molecule has 0 aromatic heterocycles. The number of anilines is 1. The zero-order valence-corrected chi connectivity index (χ0v) is 17.2. The number of nitrogens with zero attached hydrogens (tertiary/aromatic N) is 2. The highest BCUT2D eigenvalue weighted by Crippen LogP contribution is 2.31. The third-order valence-electron chi connectivity index (χ3n) is 5.56. The van der Waals surface area contributed by atoms with Crippen molar-refractivity contribution >= 4 is 27.3 Å². The van der Waals surface area contributed by atoms with Crippen LogP contribution in [0.2, 0.25) is 0 Å². The number of aryl methyl sites for hydroxylation is 1. The first-order valence-corrected chi connectivity index (χ1v) is 11.7. The molecule has 7 heteroatoms. The fourth-order valence-electron chi connectivity index (χ4n) is 4.07. The van der Waals surface area contributed by atoms with E-state index in [2.05, 4.69) is 0 Å². The summed E-state index contributed by atoms with van der Waals surface area (Å²) in [5, 5.41) is 0. The van der Waals surface area contributed by atoms with Crippen LogP contribution in [0.1, 0.15) is 40.7 Å². The molecular weight excluding hydrogens is 388 g/mol. The molecule has 0 saturated carbocycles. The van der Waals surface area contributed by atoms with Crippen LogP contribution in [-0.2, 0) is 27.6 Å². The first kappa shape index (κ1) is 19.6. The van der Waals surface area contributed by atoms with Gasteiger partial charge in [0.15, 0.2) is 9.84 Å². The van der Waals surface area contributed by atoms with Crippen molar-refractivity contribution in [3.05, 3.63) is 59.2 Å². The molecule has 29 heavy (non-hydrogen) atoms. The highest BCUT2D eigenvalue weighted by atomic mass is 32.2. The van der Waals surface area contributed by atoms with Gasteiger partial charge in [-0.1, -0.05) is 12.1 Å². The van der Waals surface area contributed by atoms with Gasteiger partial charge in [-0.05, 0) is 60.7 Å². The fraction of sp³-hybridized carbons (Fsp3) is 0.364. The van der Waals surface area contributed by atoms with Crippen molar-refractivity contribution in [2.24, 2.45) is 0 Å². The molecule has 0 spiro atoms. The summed E-state index contributed by atoms with van der Waals surface area (Å²) in [6, 6.07) is 12.4. The van der Waals surface area contributed by atoms with Gasteiger partial charge >= 0.3 is 0 Å². The topological polar surface area (TPSA) is 74.8 Å². The average molecular weight is 413 g/mol. The van der Waals surface area contributed by atoms with Crippen molar-refractivity contribution in [3.8, 4) is 0 Å². The molecule has 4 rings (SSSR count). The van der Waals surface area contributed by atoms with E-state index in [-0.39, 0.29) is 16.7 Å². The summed E-state index contributed by atoms with van der Waals surface area (Å²) in [5.41, 5.74) is 3.17. The molecule has 2 aliphatic heterocycles. The minimum atomic E-state index is -3.28. The molecule has 2 heterocycles. The SMILES string of the molecule is CS(=O)(=O)c1ccc2c(c1)CCCN2C(=O)c1cccc(CN2CCCC2=O)c1. The summed E-state index contributed by atoms with van der Waals surface area (Å²) >= 11 is 0. The Morgan fingerprint density at radius 3 is 2.55 bits per heavy atom. The number of likely N-dealkylation sites (tertiary alicyclic amines) is 1. The molecule has 1 fully saturated rings. The maximum Gasteiger partial charge on any atom is 0.258 e. The smallest absolute Gasteiger partial charge is 0.258 e. The van der Waals surface area contributed by atoms with Gasteiger partial charge in [0, 0.05) is 43.6 Å². The predicted octanol–water partition coefficient (Wildman–Crippen LogP) is 2.81. The Bertz CT molecular complexity index is 1080. The second kappa shape index (κ2) is 7.63. The van der Waals surface area contributed by atoms with Crippen molar-refractivity contribution in [1.82, 2.24) is 4.90 Å². The van der Waals surface area contributed by atoms with Gasteiger partial charge in [0.25, 0.3) is 5.91 Å². The number of carbonyl (C=O) groups excluding carboxylic acids is 2. The summed E-state index contributed by atoms with van der Waals surface area (Å²) in [6.45, 7) is 1.88. The van der Waals surface area contributed by atoms with Gasteiger partial charge in [0.1, 0.15) is 0 Å². The van der Waals surface area contributed by atoms with Crippen molar-refractivity contribution in [3.63, 3.8) is 0 Å². The first-order chi connectivity index (χ1) is 13.8. The molecule has 6 nitrogen and oxygen atoms in total. The number of sulfone groups is 1. The highest BCUT2D eigenvalue weighted by molar-refractivity contribution is 7.90. The molecular formula is C22H24N2O4S. The Morgan fingerprint density at radius 2 is 1.83 bits per heavy atom. The Kier molecular flexibility index (Phi) is 5.17. The number of carbonyl (C=O) groups is 2. The van der Waals surface area contributed by atoms with Gasteiger partial charge in [0.2, 0.25) is 5.91 Å². The second-order valence-electron chi connectivity index (χ2n) is 7.74. The maximum absolute atomic E-state index is 13.2. The minimum Gasteiger partial charge on any atom is -0.338 e. The van der Waals surface area contributed by atoms with Crippen molar-refractivity contribution in [1.29, 1.82) is 0 Å². The van der Waals surface area contributed by atoms with Crippen LogP contribution in [0, 0.1) is 0 Å². The lowest BCUT2D eigenvalue weighted by Crippen LogP contribution is -2.35. The summed E-state index contributed by atoms with van der Waals surface area (Å²) in [4.78, 5) is 28.9. The van der Waals surface area contributed by atoms with Crippen LogP contribution in [0.15, 0.2) is 47.4 Å². The van der Waals surface area contributed by atoms with Gasteiger partial charge in [-0.25, -0.2) is 8.42 Å². The van der Waals surface area contributed by atoms with E-state index < -0.39 is 9.84 Å². The van der Waals surface area contributed by atoms with Crippen LogP contribution >= 0.6 is 0 Å². The lowest BCUT2D eigenvalue weighted by atomic mass is 10.0. The molecule has 152 valence electrons. The summed E-state index contributed by atoms with van der Waals surface area (Å²) < 4.78 is 23.7. The van der Waals surface area contributed by atoms with Gasteiger partial charge < -0.3 is 9.80 Å². The first-order valence-electron chi connectivity index (χ1n) is 9.84. The molecule has 0 atom stereocenters. The van der Waals surface area contributed by atoms with Crippen molar-refractivity contribution in [2.75, 3.05) is 24.2 Å². The fourth-order valence-corrected chi connectivity index (χ4v) is 4.74. The Labute approximate surface area is 171 Å². The predicted molar refractivity (Wildman–Crippen MR) is 111 cm³/mol. The Balaban J connectivity index is 1.59. The number of hydrogen-bond donors (Lipinski definition) is 0. The van der Waals surface area contributed by atoms with E-state index in [4.69, 9.17) is 0 Å². The van der Waals surface area contributed by atoms with Crippen LogP contribution in [0.5, 0.6) is 0 Å². The van der Waals surface area contributed by atoms with E-state index in [1.165, 1.54) is 6.26 Å². The van der Waals surface area contributed by atoms with E-state index >= 15 is 0 Å². The molecule has 0 bridgehead atoms. The number of rotatable bonds is 4. The minimum absolute atomic E-state index is 0.104. The van der Waals surface area contributed by atoms with Gasteiger partial charge in [-0.3, -0.25) is 9.59 Å². The third-order valence-corrected chi connectivity index (χ3v) is 6.67. The number of fused-ring (bicyclic) bond motifs is 1. The van der Waals surface area contributed by atoms with Crippen molar-refractivity contribution < 1.29 is 18.0 Å². The standard InChI is InChI=1S/C22H24N2O4S/c1-29(27,28)19-9-10-20-17(14-19)7-3-12-24(20)22(26)18-6-2-5-16(13-18)15-23-11-4-8-21(23)25/h2,5-6,9-10,13-14H,3-4,7-8,11-12,15H2,1H3. The highest BCUT2D eigenvalue weighted by Gasteiger charge is 2.25. The van der Waals surface area contributed by atoms with Crippen molar-refractivity contribution in [2.45, 2.75) is 37.1 Å². The molecule has 2 aliphatic rings. The summed E-state index contributed by atoms with van der Waals surface area (Å²) in [7, 11) is -3.28. The van der Waals surface area contributed by atoms with Crippen LogP contribution in [0.3, 0.4) is 0 Å². The van der Waals surface area contributed by atoms with Gasteiger partial charge in [-0.15, -0.1) is 0 Å². The molecule has 2 aromatic carbocycles. The largest absolute Gasteiger partial charge is 0.338 e. The normalized spacial score (nSPS) is 16.8. The van der Waals surface area contributed by atoms with E-state index in [0.29, 0.717) is 25.1 Å². The Hall–Kier alpha value is -2.67. The molecule has 0 radical (unpaired) electrons. The molecule has 0 aliphatic carbocycles. The quantitative estimate of drug-likeness (QED) is 0.774. The average Bonchev–Trinajstić information content (AvgIpc) is 3.10. The zero-order chi connectivity index (χ0) is 20.6. The summed E-state index contributed by atoms with van der Waals surface area (Å²) in [6.07, 6.45) is 4.21. The van der Waals surface area contributed by atoms with Crippen LogP contribution < -0.4 is 4.90 Å². The lowest BCUT2D eigenvalue weighted by Gasteiger charge is -2.30. The van der Waals surface area contributed by atoms with Crippen LogP contribution in [0.25, 0.3) is 0 Å². The molecule has 0 unspecified atom stereocenters. The van der Waals surface area contributed by atoms with E-state index in [1.807, 2.05) is 23.1 Å². The van der Waals surface area contributed by atoms with Crippen LogP contribution in [0.4, 0.5) is 5.69 Å². The Morgan fingerprint density at radius 1 is 1.03 bits per heavy atom. The molecule has 2 aromatic rings. The zero-order valence-electron chi connectivity index (χ0n) is 16.4. The number of hydrogen-bond acceptors (Lipinski definition) is 4. The lowest BCUT2D eigenvalue weighted by molar-refractivity contribution is -0.128. The number of benzene rings is 2. The second-order valence-corrected chi connectivity index (χ2v) is 9.76. The van der Waals surface area contributed by atoms with E-state index in [0.717, 1.165) is 42.6 Å². The monoisotopic (exact) mass is 412 g/mol. The third kappa shape index (κ3) is 4.05. The summed E-state index contributed by atoms with van der Waals surface area (Å²) in [5.74, 6) is 0.0565.